The number of nitrogens with zero attached hydrogens (tertiary/aromatic N) is 2. The molecule has 1 aromatic heterocycles. The van der Waals surface area contributed by atoms with E-state index in [1.165, 1.54) is 6.33 Å². The second-order valence-corrected chi connectivity index (χ2v) is 6.78. The van der Waals surface area contributed by atoms with Crippen LogP contribution in [0.2, 0.25) is 0 Å². The molecule has 0 unspecified atom stereocenters. The van der Waals surface area contributed by atoms with Gasteiger partial charge in [0.15, 0.2) is 11.5 Å². The lowest BCUT2D eigenvalue weighted by Crippen LogP contribution is -2.18. The number of methoxy groups -OCH3 is 1. The van der Waals surface area contributed by atoms with E-state index in [1.54, 1.807) is 18.7 Å². The first-order valence-electron chi connectivity index (χ1n) is 8.52. The second kappa shape index (κ2) is 9.34. The molecule has 2 aromatic carbocycles. The minimum absolute atomic E-state index is 0.159. The number of hydrogen-bond donors (Lipinski definition) is 3. The highest BCUT2D eigenvalue weighted by Gasteiger charge is 2.12. The van der Waals surface area contributed by atoms with E-state index in [4.69, 9.17) is 14.7 Å². The lowest BCUT2D eigenvalue weighted by atomic mass is 10.2. The van der Waals surface area contributed by atoms with E-state index in [0.717, 1.165) is 15.5 Å². The van der Waals surface area contributed by atoms with Gasteiger partial charge in [0, 0.05) is 28.0 Å². The Bertz CT molecular complexity index is 966. The molecular formula is C19H19BrN4O4. The molecule has 0 fully saturated rings. The number of benzene rings is 2. The summed E-state index contributed by atoms with van der Waals surface area (Å²) in [6, 6.07) is 11.3. The third kappa shape index (κ3) is 4.87. The number of aromatic nitrogens is 2. The quantitative estimate of drug-likeness (QED) is 0.274. The van der Waals surface area contributed by atoms with Crippen LogP contribution in [0.4, 0.5) is 11.5 Å². The van der Waals surface area contributed by atoms with Crippen LogP contribution in [0.3, 0.4) is 0 Å². The van der Waals surface area contributed by atoms with Crippen molar-refractivity contribution in [2.75, 3.05) is 19.0 Å². The standard InChI is InChI=1S/C19H19BrN4O4/c1-27-16-10-15-14(9-17(16)28-8-2-3-18(25)24-26)19(22-11-21-15)23-13-6-4-12(20)5-7-13/h4-7,9-11,26H,2-3,8H2,1H3,(H,24,25)(H,21,22,23). The van der Waals surface area contributed by atoms with Crippen molar-refractivity contribution in [2.45, 2.75) is 12.8 Å². The molecule has 8 nitrogen and oxygen atoms in total. The number of carbonyl (C=O) groups is 1. The van der Waals surface area contributed by atoms with Gasteiger partial charge in [-0.15, -0.1) is 0 Å². The molecule has 0 aliphatic rings. The van der Waals surface area contributed by atoms with Gasteiger partial charge in [-0.25, -0.2) is 15.4 Å². The monoisotopic (exact) mass is 446 g/mol. The number of nitrogens with one attached hydrogen (secondary N) is 2. The molecule has 0 spiro atoms. The topological polar surface area (TPSA) is 106 Å². The van der Waals surface area contributed by atoms with Crippen LogP contribution in [0.5, 0.6) is 11.5 Å². The molecule has 1 amide bonds. The first kappa shape index (κ1) is 19.8. The van der Waals surface area contributed by atoms with Crippen LogP contribution in [0, 0.1) is 0 Å². The summed E-state index contributed by atoms with van der Waals surface area (Å²) in [5.74, 6) is 1.24. The molecule has 28 heavy (non-hydrogen) atoms. The van der Waals surface area contributed by atoms with E-state index in [0.29, 0.717) is 35.9 Å². The Hall–Kier alpha value is -2.91. The number of carbonyl (C=O) groups excluding carboxylic acids is 1. The van der Waals surface area contributed by atoms with Crippen LogP contribution in [0.1, 0.15) is 12.8 Å². The maximum absolute atomic E-state index is 11.1. The van der Waals surface area contributed by atoms with Crippen molar-refractivity contribution in [3.63, 3.8) is 0 Å². The molecule has 0 radical (unpaired) electrons. The molecule has 146 valence electrons. The SMILES string of the molecule is COc1cc2ncnc(Nc3ccc(Br)cc3)c2cc1OCCCC(=O)NO. The molecule has 3 N–H and O–H groups in total. The van der Waals surface area contributed by atoms with Crippen LogP contribution in [0.15, 0.2) is 47.2 Å². The van der Waals surface area contributed by atoms with Gasteiger partial charge in [0.1, 0.15) is 12.1 Å². The molecule has 3 aromatic rings. The predicted molar refractivity (Wildman–Crippen MR) is 108 cm³/mol. The van der Waals surface area contributed by atoms with Crippen LogP contribution in [-0.2, 0) is 4.79 Å². The zero-order valence-corrected chi connectivity index (χ0v) is 16.7. The summed E-state index contributed by atoms with van der Waals surface area (Å²) in [6.07, 6.45) is 2.09. The Morgan fingerprint density at radius 2 is 1.96 bits per heavy atom. The van der Waals surface area contributed by atoms with E-state index in [9.17, 15) is 4.79 Å². The Kier molecular flexibility index (Phi) is 6.62. The van der Waals surface area contributed by atoms with Crippen molar-refractivity contribution < 1.29 is 19.5 Å². The summed E-state index contributed by atoms with van der Waals surface area (Å²) in [7, 11) is 1.55. The van der Waals surface area contributed by atoms with Gasteiger partial charge in [-0.1, -0.05) is 15.9 Å². The Morgan fingerprint density at radius 1 is 1.18 bits per heavy atom. The average molecular weight is 447 g/mol. The number of ether oxygens (including phenoxy) is 2. The van der Waals surface area contributed by atoms with Crippen LogP contribution in [0.25, 0.3) is 10.9 Å². The zero-order valence-electron chi connectivity index (χ0n) is 15.1. The summed E-state index contributed by atoms with van der Waals surface area (Å²) >= 11 is 3.42. The molecule has 0 atom stereocenters. The maximum Gasteiger partial charge on any atom is 0.243 e. The summed E-state index contributed by atoms with van der Waals surface area (Å²) in [5.41, 5.74) is 3.19. The van der Waals surface area contributed by atoms with Crippen LogP contribution < -0.4 is 20.3 Å². The van der Waals surface area contributed by atoms with E-state index < -0.39 is 5.91 Å². The van der Waals surface area contributed by atoms with Gasteiger partial charge in [-0.3, -0.25) is 10.0 Å². The van der Waals surface area contributed by atoms with E-state index in [1.807, 2.05) is 30.3 Å². The van der Waals surface area contributed by atoms with Gasteiger partial charge in [0.05, 0.1) is 19.2 Å². The van der Waals surface area contributed by atoms with Gasteiger partial charge in [0.2, 0.25) is 5.91 Å². The minimum atomic E-state index is -0.455. The number of hydroxylamine groups is 1. The summed E-state index contributed by atoms with van der Waals surface area (Å²) < 4.78 is 12.2. The summed E-state index contributed by atoms with van der Waals surface area (Å²) in [4.78, 5) is 19.7. The average Bonchev–Trinajstić information content (AvgIpc) is 2.72. The number of anilines is 2. The zero-order chi connectivity index (χ0) is 19.9. The number of halogens is 1. The normalized spacial score (nSPS) is 10.5. The number of fused-ring (bicyclic) bond motifs is 1. The molecule has 0 aliphatic heterocycles. The molecule has 9 heteroatoms. The molecule has 3 rings (SSSR count). The maximum atomic E-state index is 11.1. The fourth-order valence-electron chi connectivity index (χ4n) is 2.58. The Morgan fingerprint density at radius 3 is 2.68 bits per heavy atom. The largest absolute Gasteiger partial charge is 0.493 e. The van der Waals surface area contributed by atoms with E-state index in [-0.39, 0.29) is 6.42 Å². The number of amides is 1. The number of hydrogen-bond acceptors (Lipinski definition) is 7. The molecule has 0 aliphatic carbocycles. The first-order valence-corrected chi connectivity index (χ1v) is 9.31. The van der Waals surface area contributed by atoms with Gasteiger partial charge in [-0.05, 0) is 36.8 Å². The smallest absolute Gasteiger partial charge is 0.243 e. The minimum Gasteiger partial charge on any atom is -0.493 e. The highest BCUT2D eigenvalue weighted by atomic mass is 79.9. The van der Waals surface area contributed by atoms with Gasteiger partial charge < -0.3 is 14.8 Å². The second-order valence-electron chi connectivity index (χ2n) is 5.86. The van der Waals surface area contributed by atoms with Gasteiger partial charge in [-0.2, -0.15) is 0 Å². The fourth-order valence-corrected chi connectivity index (χ4v) is 2.84. The van der Waals surface area contributed by atoms with Crippen LogP contribution in [-0.4, -0.2) is 34.8 Å². The first-order chi connectivity index (χ1) is 13.6. The van der Waals surface area contributed by atoms with Crippen molar-refractivity contribution in [3.8, 4) is 11.5 Å². The molecule has 0 saturated heterocycles. The van der Waals surface area contributed by atoms with Crippen molar-refractivity contribution in [3.05, 3.63) is 47.2 Å². The highest BCUT2D eigenvalue weighted by molar-refractivity contribution is 9.10. The summed E-state index contributed by atoms with van der Waals surface area (Å²) in [6.45, 7) is 0.290. The predicted octanol–water partition coefficient (Wildman–Crippen LogP) is 3.81. The molecular weight excluding hydrogens is 428 g/mol. The van der Waals surface area contributed by atoms with Crippen LogP contribution >= 0.6 is 15.9 Å². The molecule has 0 bridgehead atoms. The van der Waals surface area contributed by atoms with Crippen molar-refractivity contribution >= 4 is 44.2 Å². The third-order valence-corrected chi connectivity index (χ3v) is 4.49. The molecule has 0 saturated carbocycles. The lowest BCUT2D eigenvalue weighted by Gasteiger charge is -2.14. The van der Waals surface area contributed by atoms with E-state index >= 15 is 0 Å². The fraction of sp³-hybridized carbons (Fsp3) is 0.211. The molecule has 1 heterocycles. The van der Waals surface area contributed by atoms with Crippen molar-refractivity contribution in [1.82, 2.24) is 15.4 Å². The van der Waals surface area contributed by atoms with Gasteiger partial charge >= 0.3 is 0 Å². The van der Waals surface area contributed by atoms with E-state index in [2.05, 4.69) is 31.2 Å². The highest BCUT2D eigenvalue weighted by Crippen LogP contribution is 2.35. The van der Waals surface area contributed by atoms with Crippen molar-refractivity contribution in [1.29, 1.82) is 0 Å². The summed E-state index contributed by atoms with van der Waals surface area (Å²) in [5, 5.41) is 12.6. The van der Waals surface area contributed by atoms with Crippen molar-refractivity contribution in [2.24, 2.45) is 0 Å². The lowest BCUT2D eigenvalue weighted by molar-refractivity contribution is -0.129. The Balaban J connectivity index is 1.85. The number of rotatable bonds is 8. The van der Waals surface area contributed by atoms with Gasteiger partial charge in [0.25, 0.3) is 0 Å². The Labute approximate surface area is 170 Å². The third-order valence-electron chi connectivity index (χ3n) is 3.96.